The lowest BCUT2D eigenvalue weighted by atomic mass is 9.75. The van der Waals surface area contributed by atoms with Crippen LogP contribution in [-0.2, 0) is 5.41 Å². The first-order chi connectivity index (χ1) is 10.3. The quantitative estimate of drug-likeness (QED) is 0.811. The van der Waals surface area contributed by atoms with Gasteiger partial charge in [0, 0.05) is 17.0 Å². The van der Waals surface area contributed by atoms with Crippen LogP contribution >= 0.6 is 0 Å². The summed E-state index contributed by atoms with van der Waals surface area (Å²) < 4.78 is 11.8. The van der Waals surface area contributed by atoms with Gasteiger partial charge >= 0.3 is 0 Å². The van der Waals surface area contributed by atoms with E-state index in [0.29, 0.717) is 0 Å². The Labute approximate surface area is 128 Å². The predicted molar refractivity (Wildman–Crippen MR) is 85.4 cm³/mol. The van der Waals surface area contributed by atoms with Gasteiger partial charge in [-0.25, -0.2) is 0 Å². The molecule has 2 aliphatic rings. The molecule has 0 aliphatic carbocycles. The minimum absolute atomic E-state index is 0.250. The SMILES string of the molecule is CCCCCCOc1ccc2c(c1)OCC21CCNCC1. The summed E-state index contributed by atoms with van der Waals surface area (Å²) >= 11 is 0. The standard InChI is InChI=1S/C18H27NO2/c1-2-3-4-5-12-20-15-6-7-16-17(13-15)21-14-18(16)8-10-19-11-9-18/h6-7,13,19H,2-5,8-12,14H2,1H3. The third-order valence-electron chi connectivity index (χ3n) is 4.86. The van der Waals surface area contributed by atoms with Gasteiger partial charge in [-0.15, -0.1) is 0 Å². The number of ether oxygens (including phenoxy) is 2. The summed E-state index contributed by atoms with van der Waals surface area (Å²) in [7, 11) is 0. The number of unbranched alkanes of at least 4 members (excludes halogenated alkanes) is 3. The van der Waals surface area contributed by atoms with E-state index in [1.54, 1.807) is 0 Å². The Morgan fingerprint density at radius 1 is 1.19 bits per heavy atom. The fourth-order valence-electron chi connectivity index (χ4n) is 3.48. The second-order valence-corrected chi connectivity index (χ2v) is 6.39. The zero-order valence-electron chi connectivity index (χ0n) is 13.1. The van der Waals surface area contributed by atoms with Gasteiger partial charge in [-0.05, 0) is 38.4 Å². The topological polar surface area (TPSA) is 30.5 Å². The maximum Gasteiger partial charge on any atom is 0.126 e. The maximum absolute atomic E-state index is 5.97. The molecule has 1 aromatic rings. The Balaban J connectivity index is 1.61. The van der Waals surface area contributed by atoms with Crippen LogP contribution in [0.2, 0.25) is 0 Å². The molecule has 2 heterocycles. The largest absolute Gasteiger partial charge is 0.493 e. The smallest absolute Gasteiger partial charge is 0.126 e. The zero-order chi connectivity index (χ0) is 14.5. The Bertz CT molecular complexity index is 466. The highest BCUT2D eigenvalue weighted by atomic mass is 16.5. The van der Waals surface area contributed by atoms with Gasteiger partial charge in [0.05, 0.1) is 13.2 Å². The molecule has 0 radical (unpaired) electrons. The molecule has 3 rings (SSSR count). The van der Waals surface area contributed by atoms with E-state index in [1.165, 1.54) is 37.7 Å². The van der Waals surface area contributed by atoms with Crippen LogP contribution in [0.5, 0.6) is 11.5 Å². The molecule has 1 N–H and O–H groups in total. The molecule has 21 heavy (non-hydrogen) atoms. The van der Waals surface area contributed by atoms with Crippen molar-refractivity contribution in [3.8, 4) is 11.5 Å². The molecule has 0 amide bonds. The second-order valence-electron chi connectivity index (χ2n) is 6.39. The number of rotatable bonds is 6. The number of benzene rings is 1. The molecular formula is C18H27NO2. The zero-order valence-corrected chi connectivity index (χ0v) is 13.1. The molecule has 0 unspecified atom stereocenters. The lowest BCUT2D eigenvalue weighted by Crippen LogP contribution is -2.40. The highest BCUT2D eigenvalue weighted by Gasteiger charge is 2.41. The van der Waals surface area contributed by atoms with Crippen LogP contribution in [0, 0.1) is 0 Å². The molecular weight excluding hydrogens is 262 g/mol. The van der Waals surface area contributed by atoms with Crippen LogP contribution in [0.1, 0.15) is 51.0 Å². The van der Waals surface area contributed by atoms with E-state index in [-0.39, 0.29) is 5.41 Å². The molecule has 1 fully saturated rings. The molecule has 0 atom stereocenters. The van der Waals surface area contributed by atoms with Crippen LogP contribution in [0.25, 0.3) is 0 Å². The van der Waals surface area contributed by atoms with Crippen molar-refractivity contribution in [2.45, 2.75) is 50.9 Å². The highest BCUT2D eigenvalue weighted by molar-refractivity contribution is 5.48. The third kappa shape index (κ3) is 3.18. The van der Waals surface area contributed by atoms with Gasteiger partial charge in [-0.1, -0.05) is 32.3 Å². The molecule has 2 aliphatic heterocycles. The monoisotopic (exact) mass is 289 g/mol. The highest BCUT2D eigenvalue weighted by Crippen LogP contribution is 2.45. The van der Waals surface area contributed by atoms with E-state index in [9.17, 15) is 0 Å². The van der Waals surface area contributed by atoms with Crippen molar-refractivity contribution in [3.63, 3.8) is 0 Å². The summed E-state index contributed by atoms with van der Waals surface area (Å²) in [5, 5.41) is 3.44. The number of hydrogen-bond donors (Lipinski definition) is 1. The number of hydrogen-bond acceptors (Lipinski definition) is 3. The van der Waals surface area contributed by atoms with Crippen LogP contribution < -0.4 is 14.8 Å². The first-order valence-corrected chi connectivity index (χ1v) is 8.45. The van der Waals surface area contributed by atoms with E-state index in [1.807, 2.05) is 0 Å². The summed E-state index contributed by atoms with van der Waals surface area (Å²) in [6.07, 6.45) is 7.32. The van der Waals surface area contributed by atoms with Crippen molar-refractivity contribution in [1.82, 2.24) is 5.32 Å². The van der Waals surface area contributed by atoms with Gasteiger partial charge in [-0.2, -0.15) is 0 Å². The fourth-order valence-corrected chi connectivity index (χ4v) is 3.48. The first-order valence-electron chi connectivity index (χ1n) is 8.45. The molecule has 1 saturated heterocycles. The van der Waals surface area contributed by atoms with Crippen LogP contribution in [-0.4, -0.2) is 26.3 Å². The Kier molecular flexibility index (Phi) is 4.69. The first kappa shape index (κ1) is 14.7. The van der Waals surface area contributed by atoms with Crippen molar-refractivity contribution in [2.24, 2.45) is 0 Å². The van der Waals surface area contributed by atoms with Gasteiger partial charge in [0.15, 0.2) is 0 Å². The molecule has 1 spiro atoms. The number of piperidine rings is 1. The summed E-state index contributed by atoms with van der Waals surface area (Å²) in [5.74, 6) is 2.00. The van der Waals surface area contributed by atoms with Crippen molar-refractivity contribution < 1.29 is 9.47 Å². The number of fused-ring (bicyclic) bond motifs is 2. The van der Waals surface area contributed by atoms with Crippen LogP contribution in [0.15, 0.2) is 18.2 Å². The normalized spacial score (nSPS) is 19.3. The fraction of sp³-hybridized carbons (Fsp3) is 0.667. The molecule has 0 bridgehead atoms. The maximum atomic E-state index is 5.97. The van der Waals surface area contributed by atoms with Gasteiger partial charge in [-0.3, -0.25) is 0 Å². The Hall–Kier alpha value is -1.22. The molecule has 1 aromatic carbocycles. The number of nitrogens with one attached hydrogen (secondary N) is 1. The molecule has 3 heteroatoms. The summed E-state index contributed by atoms with van der Waals surface area (Å²) in [4.78, 5) is 0. The Morgan fingerprint density at radius 3 is 2.86 bits per heavy atom. The molecule has 3 nitrogen and oxygen atoms in total. The van der Waals surface area contributed by atoms with Crippen LogP contribution in [0.3, 0.4) is 0 Å². The van der Waals surface area contributed by atoms with Crippen LogP contribution in [0.4, 0.5) is 0 Å². The minimum Gasteiger partial charge on any atom is -0.493 e. The lowest BCUT2D eigenvalue weighted by Gasteiger charge is -2.32. The van der Waals surface area contributed by atoms with Crippen molar-refractivity contribution >= 4 is 0 Å². The van der Waals surface area contributed by atoms with E-state index < -0.39 is 0 Å². The average molecular weight is 289 g/mol. The summed E-state index contributed by atoms with van der Waals surface area (Å²) in [6, 6.07) is 6.44. The van der Waals surface area contributed by atoms with E-state index in [0.717, 1.165) is 44.2 Å². The van der Waals surface area contributed by atoms with Gasteiger partial charge in [0.1, 0.15) is 11.5 Å². The van der Waals surface area contributed by atoms with Gasteiger partial charge < -0.3 is 14.8 Å². The van der Waals surface area contributed by atoms with Crippen molar-refractivity contribution in [2.75, 3.05) is 26.3 Å². The second kappa shape index (κ2) is 6.69. The van der Waals surface area contributed by atoms with Crippen molar-refractivity contribution in [1.29, 1.82) is 0 Å². The lowest BCUT2D eigenvalue weighted by molar-refractivity contribution is 0.220. The average Bonchev–Trinajstić information content (AvgIpc) is 2.86. The minimum atomic E-state index is 0.250. The van der Waals surface area contributed by atoms with E-state index in [2.05, 4.69) is 30.4 Å². The third-order valence-corrected chi connectivity index (χ3v) is 4.86. The van der Waals surface area contributed by atoms with E-state index >= 15 is 0 Å². The van der Waals surface area contributed by atoms with Gasteiger partial charge in [0.25, 0.3) is 0 Å². The van der Waals surface area contributed by atoms with Crippen molar-refractivity contribution in [3.05, 3.63) is 23.8 Å². The van der Waals surface area contributed by atoms with Gasteiger partial charge in [0.2, 0.25) is 0 Å². The van der Waals surface area contributed by atoms with E-state index in [4.69, 9.17) is 9.47 Å². The molecule has 0 aromatic heterocycles. The molecule has 0 saturated carbocycles. The predicted octanol–water partition coefficient (Wildman–Crippen LogP) is 3.66. The summed E-state index contributed by atoms with van der Waals surface area (Å²) in [5.41, 5.74) is 1.64. The molecule has 116 valence electrons. The Morgan fingerprint density at radius 2 is 2.05 bits per heavy atom. The summed E-state index contributed by atoms with van der Waals surface area (Å²) in [6.45, 7) is 6.07.